The largest absolute Gasteiger partial charge is 0.378 e. The first kappa shape index (κ1) is 8.19. The molecule has 0 unspecified atom stereocenters. The summed E-state index contributed by atoms with van der Waals surface area (Å²) in [6, 6.07) is 4.00. The molecule has 2 heterocycles. The molecule has 0 aliphatic heterocycles. The van der Waals surface area contributed by atoms with E-state index in [2.05, 4.69) is 15.3 Å². The number of fused-ring (bicyclic) bond motifs is 1. The monoisotopic (exact) mass is 191 g/mol. The Bertz CT molecular complexity index is 421. The number of hydrogen-bond donors (Lipinski definition) is 2. The van der Waals surface area contributed by atoms with Crippen LogP contribution < -0.4 is 5.32 Å². The summed E-state index contributed by atoms with van der Waals surface area (Å²) in [5.74, 6) is 0. The second kappa shape index (κ2) is 3.53. The van der Waals surface area contributed by atoms with Crippen LogP contribution in [0.5, 0.6) is 0 Å². The van der Waals surface area contributed by atoms with Crippen molar-refractivity contribution in [1.29, 1.82) is 0 Å². The van der Waals surface area contributed by atoms with Crippen molar-refractivity contribution in [3.05, 3.63) is 30.1 Å². The Morgan fingerprint density at radius 2 is 2.46 bits per heavy atom. The maximum Gasteiger partial charge on any atom is 0.137 e. The number of rotatable bonds is 3. The summed E-state index contributed by atoms with van der Waals surface area (Å²) in [6.07, 6.45) is 3.68. The molecule has 3 nitrogen and oxygen atoms in total. The van der Waals surface area contributed by atoms with Crippen LogP contribution in [-0.2, 0) is 6.54 Å². The number of H-pyrrole nitrogens is 1. The summed E-state index contributed by atoms with van der Waals surface area (Å²) in [5, 5.41) is 4.14. The van der Waals surface area contributed by atoms with Gasteiger partial charge in [-0.05, 0) is 17.7 Å². The van der Waals surface area contributed by atoms with Gasteiger partial charge < -0.3 is 10.3 Å². The molecule has 66 valence electrons. The lowest BCUT2D eigenvalue weighted by atomic mass is 10.2. The molecule has 0 radical (unpaired) electrons. The standard InChI is InChI=1S/C9H9N3S/c13-6-10-5-7-1-3-11-9-8(7)2-4-12-9/h1-4,6H,5H2,(H,10,13)(H,11,12). The zero-order chi connectivity index (χ0) is 9.10. The summed E-state index contributed by atoms with van der Waals surface area (Å²) in [5.41, 5.74) is 3.65. The van der Waals surface area contributed by atoms with Crippen molar-refractivity contribution in [2.24, 2.45) is 0 Å². The quantitative estimate of drug-likeness (QED) is 0.724. The molecule has 0 amide bonds. The highest BCUT2D eigenvalue weighted by Crippen LogP contribution is 2.14. The van der Waals surface area contributed by atoms with Crippen LogP contribution in [0.4, 0.5) is 0 Å². The van der Waals surface area contributed by atoms with E-state index in [0.29, 0.717) is 0 Å². The molecule has 2 aromatic rings. The summed E-state index contributed by atoms with van der Waals surface area (Å²) >= 11 is 4.69. The second-order valence-electron chi connectivity index (χ2n) is 2.71. The van der Waals surface area contributed by atoms with Crippen LogP contribution in [0, 0.1) is 0 Å². The average molecular weight is 191 g/mol. The molecule has 0 spiro atoms. The van der Waals surface area contributed by atoms with E-state index < -0.39 is 0 Å². The van der Waals surface area contributed by atoms with Crippen LogP contribution in [0.25, 0.3) is 11.0 Å². The van der Waals surface area contributed by atoms with Gasteiger partial charge in [0.2, 0.25) is 0 Å². The Hall–Kier alpha value is -1.42. The fraction of sp³-hybridized carbons (Fsp3) is 0.111. The molecule has 0 aliphatic rings. The Morgan fingerprint density at radius 1 is 1.54 bits per heavy atom. The number of nitrogens with zero attached hydrogens (tertiary/aromatic N) is 1. The predicted molar refractivity (Wildman–Crippen MR) is 56.6 cm³/mol. The second-order valence-corrected chi connectivity index (χ2v) is 2.94. The van der Waals surface area contributed by atoms with Gasteiger partial charge in [0.15, 0.2) is 0 Å². The van der Waals surface area contributed by atoms with Gasteiger partial charge >= 0.3 is 0 Å². The van der Waals surface area contributed by atoms with Crippen LogP contribution in [0.15, 0.2) is 24.5 Å². The van der Waals surface area contributed by atoms with Crippen molar-refractivity contribution in [2.75, 3.05) is 0 Å². The van der Waals surface area contributed by atoms with Gasteiger partial charge in [-0.3, -0.25) is 0 Å². The maximum absolute atomic E-state index is 4.69. The maximum atomic E-state index is 4.69. The minimum absolute atomic E-state index is 0.750. The highest BCUT2D eigenvalue weighted by Gasteiger charge is 2.00. The first-order chi connectivity index (χ1) is 6.42. The number of pyridine rings is 1. The molecule has 4 heteroatoms. The van der Waals surface area contributed by atoms with Gasteiger partial charge in [-0.2, -0.15) is 0 Å². The minimum Gasteiger partial charge on any atom is -0.378 e. The zero-order valence-corrected chi connectivity index (χ0v) is 7.77. The van der Waals surface area contributed by atoms with Crippen molar-refractivity contribution in [3.8, 4) is 0 Å². The van der Waals surface area contributed by atoms with Gasteiger partial charge in [-0.25, -0.2) is 4.98 Å². The molecule has 0 saturated heterocycles. The van der Waals surface area contributed by atoms with Gasteiger partial charge in [0.05, 0.1) is 5.49 Å². The lowest BCUT2D eigenvalue weighted by molar-refractivity contribution is 0.951. The molecule has 2 aromatic heterocycles. The van der Waals surface area contributed by atoms with Crippen LogP contribution >= 0.6 is 12.2 Å². The van der Waals surface area contributed by atoms with E-state index in [1.54, 1.807) is 6.20 Å². The first-order valence-electron chi connectivity index (χ1n) is 4.00. The smallest absolute Gasteiger partial charge is 0.137 e. The predicted octanol–water partition coefficient (Wildman–Crippen LogP) is 1.61. The molecule has 2 N–H and O–H groups in total. The van der Waals surface area contributed by atoms with Gasteiger partial charge in [-0.1, -0.05) is 12.2 Å². The Balaban J connectivity index is 2.42. The highest BCUT2D eigenvalue weighted by atomic mass is 32.1. The molecule has 13 heavy (non-hydrogen) atoms. The Kier molecular flexibility index (Phi) is 2.23. The number of aromatic amines is 1. The number of thiocarbonyl (C=S) groups is 1. The SMILES string of the molecule is S=CNCc1ccnc2[nH]ccc12. The fourth-order valence-corrected chi connectivity index (χ4v) is 1.41. The summed E-state index contributed by atoms with van der Waals surface area (Å²) in [4.78, 5) is 7.25. The lowest BCUT2D eigenvalue weighted by Gasteiger charge is -2.01. The number of hydrogen-bond acceptors (Lipinski definition) is 2. The molecule has 0 aliphatic carbocycles. The number of aromatic nitrogens is 2. The van der Waals surface area contributed by atoms with Crippen molar-refractivity contribution in [1.82, 2.24) is 15.3 Å². The van der Waals surface area contributed by atoms with E-state index >= 15 is 0 Å². The van der Waals surface area contributed by atoms with Crippen LogP contribution in [0.3, 0.4) is 0 Å². The van der Waals surface area contributed by atoms with E-state index in [0.717, 1.165) is 17.6 Å². The van der Waals surface area contributed by atoms with Gasteiger partial charge in [0.25, 0.3) is 0 Å². The molecule has 2 rings (SSSR count). The average Bonchev–Trinajstić information content (AvgIpc) is 2.62. The molecular formula is C9H9N3S. The summed E-state index contributed by atoms with van der Waals surface area (Å²) in [6.45, 7) is 0.750. The van der Waals surface area contributed by atoms with Gasteiger partial charge in [0, 0.05) is 24.3 Å². The lowest BCUT2D eigenvalue weighted by Crippen LogP contribution is -2.08. The van der Waals surface area contributed by atoms with E-state index in [9.17, 15) is 0 Å². The Morgan fingerprint density at radius 3 is 3.31 bits per heavy atom. The van der Waals surface area contributed by atoms with Crippen molar-refractivity contribution in [3.63, 3.8) is 0 Å². The first-order valence-corrected chi connectivity index (χ1v) is 4.47. The van der Waals surface area contributed by atoms with Crippen molar-refractivity contribution < 1.29 is 0 Å². The van der Waals surface area contributed by atoms with E-state index in [1.165, 1.54) is 11.1 Å². The summed E-state index contributed by atoms with van der Waals surface area (Å²) in [7, 11) is 0. The van der Waals surface area contributed by atoms with Crippen LogP contribution in [0.1, 0.15) is 5.56 Å². The highest BCUT2D eigenvalue weighted by molar-refractivity contribution is 7.78. The van der Waals surface area contributed by atoms with Crippen molar-refractivity contribution in [2.45, 2.75) is 6.54 Å². The van der Waals surface area contributed by atoms with Gasteiger partial charge in [0.1, 0.15) is 5.65 Å². The topological polar surface area (TPSA) is 40.7 Å². The van der Waals surface area contributed by atoms with E-state index in [4.69, 9.17) is 12.2 Å². The molecule has 0 fully saturated rings. The van der Waals surface area contributed by atoms with Gasteiger partial charge in [-0.15, -0.1) is 0 Å². The molecule has 0 bridgehead atoms. The van der Waals surface area contributed by atoms with E-state index in [1.807, 2.05) is 18.3 Å². The minimum atomic E-state index is 0.750. The van der Waals surface area contributed by atoms with Crippen molar-refractivity contribution >= 4 is 28.7 Å². The molecule has 0 aromatic carbocycles. The van der Waals surface area contributed by atoms with E-state index in [-0.39, 0.29) is 0 Å². The third-order valence-electron chi connectivity index (χ3n) is 1.93. The molecule has 0 saturated carbocycles. The third kappa shape index (κ3) is 1.53. The van der Waals surface area contributed by atoms with Crippen LogP contribution in [0.2, 0.25) is 0 Å². The normalized spacial score (nSPS) is 10.2. The fourth-order valence-electron chi connectivity index (χ4n) is 1.32. The zero-order valence-electron chi connectivity index (χ0n) is 6.95. The third-order valence-corrected chi connectivity index (χ3v) is 2.09. The van der Waals surface area contributed by atoms with Crippen LogP contribution in [-0.4, -0.2) is 15.5 Å². The summed E-state index contributed by atoms with van der Waals surface area (Å²) < 4.78 is 0. The molecule has 0 atom stereocenters. The Labute approximate surface area is 81.2 Å². The number of nitrogens with one attached hydrogen (secondary N) is 2. The molecular weight excluding hydrogens is 182 g/mol.